The lowest BCUT2D eigenvalue weighted by atomic mass is 10.2. The molecule has 2 heterocycles. The third kappa shape index (κ3) is 3.22. The van der Waals surface area contributed by atoms with Crippen LogP contribution in [0, 0.1) is 0 Å². The maximum atomic E-state index is 12.4. The van der Waals surface area contributed by atoms with Crippen LogP contribution in [0.2, 0.25) is 0 Å². The molecule has 1 amide bonds. The van der Waals surface area contributed by atoms with Crippen molar-refractivity contribution in [1.29, 1.82) is 0 Å². The lowest BCUT2D eigenvalue weighted by Crippen LogP contribution is -2.52. The van der Waals surface area contributed by atoms with Crippen LogP contribution < -0.4 is 9.64 Å². The van der Waals surface area contributed by atoms with Gasteiger partial charge in [0, 0.05) is 37.8 Å². The highest BCUT2D eigenvalue weighted by Crippen LogP contribution is 2.23. The van der Waals surface area contributed by atoms with E-state index >= 15 is 0 Å². The van der Waals surface area contributed by atoms with Crippen LogP contribution in [0.1, 0.15) is 12.8 Å². The van der Waals surface area contributed by atoms with Crippen LogP contribution in [0.4, 0.5) is 5.69 Å². The van der Waals surface area contributed by atoms with Gasteiger partial charge in [-0.05, 0) is 18.6 Å². The number of amides is 1. The molecule has 0 saturated carbocycles. The molecule has 2 aliphatic heterocycles. The summed E-state index contributed by atoms with van der Waals surface area (Å²) in [5.74, 6) is 0.667. The summed E-state index contributed by atoms with van der Waals surface area (Å²) < 4.78 is 10.4. The quantitative estimate of drug-likeness (QED) is 0.778. The van der Waals surface area contributed by atoms with Crippen LogP contribution in [0.5, 0.6) is 5.75 Å². The van der Waals surface area contributed by atoms with E-state index in [2.05, 4.69) is 4.90 Å². The van der Waals surface area contributed by atoms with Gasteiger partial charge in [-0.3, -0.25) is 14.5 Å². The minimum absolute atomic E-state index is 0.0591. The van der Waals surface area contributed by atoms with Gasteiger partial charge in [-0.25, -0.2) is 0 Å². The minimum Gasteiger partial charge on any atom is -0.497 e. The minimum atomic E-state index is -0.133. The molecule has 0 N–H and O–H groups in total. The van der Waals surface area contributed by atoms with Crippen molar-refractivity contribution in [2.75, 3.05) is 38.2 Å². The number of esters is 1. The molecule has 6 heteroatoms. The van der Waals surface area contributed by atoms with Crippen LogP contribution in [-0.2, 0) is 14.3 Å². The van der Waals surface area contributed by atoms with Gasteiger partial charge in [0.1, 0.15) is 11.9 Å². The second kappa shape index (κ2) is 6.36. The van der Waals surface area contributed by atoms with Crippen molar-refractivity contribution < 1.29 is 19.1 Å². The Morgan fingerprint density at radius 3 is 2.86 bits per heavy atom. The Morgan fingerprint density at radius 1 is 1.32 bits per heavy atom. The number of anilines is 1. The number of carbonyl (C=O) groups excluding carboxylic acids is 2. The van der Waals surface area contributed by atoms with E-state index in [0.717, 1.165) is 24.4 Å². The second-order valence-corrected chi connectivity index (χ2v) is 5.63. The molecule has 0 spiro atoms. The van der Waals surface area contributed by atoms with Crippen molar-refractivity contribution in [2.24, 2.45) is 0 Å². The second-order valence-electron chi connectivity index (χ2n) is 5.63. The fourth-order valence-electron chi connectivity index (χ4n) is 2.93. The molecule has 2 aliphatic rings. The first kappa shape index (κ1) is 14.8. The highest BCUT2D eigenvalue weighted by molar-refractivity contribution is 5.95. The van der Waals surface area contributed by atoms with Crippen molar-refractivity contribution in [3.63, 3.8) is 0 Å². The summed E-state index contributed by atoms with van der Waals surface area (Å²) in [7, 11) is 1.61. The van der Waals surface area contributed by atoms with E-state index in [9.17, 15) is 9.59 Å². The van der Waals surface area contributed by atoms with Gasteiger partial charge in [0.05, 0.1) is 13.7 Å². The highest BCUT2D eigenvalue weighted by Gasteiger charge is 2.30. The average Bonchev–Trinajstić information content (AvgIpc) is 2.92. The molecule has 1 atom stereocenters. The maximum absolute atomic E-state index is 12.4. The first-order valence-corrected chi connectivity index (χ1v) is 7.52. The average molecular weight is 304 g/mol. The van der Waals surface area contributed by atoms with Crippen molar-refractivity contribution in [3.8, 4) is 5.75 Å². The standard InChI is InChI=1S/C16H20N2O4/c1-21-13-4-2-3-12(9-13)18-8-7-17(11-15(18)19)10-14-5-6-16(20)22-14/h2-4,9,14H,5-8,10-11H2,1H3/t14-/m0/s1. The Hall–Kier alpha value is -2.08. The third-order valence-corrected chi connectivity index (χ3v) is 4.10. The molecule has 2 fully saturated rings. The summed E-state index contributed by atoms with van der Waals surface area (Å²) in [6.45, 7) is 2.40. The third-order valence-electron chi connectivity index (χ3n) is 4.10. The molecule has 0 bridgehead atoms. The van der Waals surface area contributed by atoms with E-state index in [1.807, 2.05) is 24.3 Å². The number of cyclic esters (lactones) is 1. The first-order valence-electron chi connectivity index (χ1n) is 7.52. The smallest absolute Gasteiger partial charge is 0.306 e. The number of piperazine rings is 1. The molecule has 1 aromatic carbocycles. The number of hydrogen-bond donors (Lipinski definition) is 0. The fourth-order valence-corrected chi connectivity index (χ4v) is 2.93. The van der Waals surface area contributed by atoms with E-state index in [-0.39, 0.29) is 18.0 Å². The topological polar surface area (TPSA) is 59.1 Å². The number of nitrogens with zero attached hydrogens (tertiary/aromatic N) is 2. The molecule has 6 nitrogen and oxygen atoms in total. The molecule has 2 saturated heterocycles. The van der Waals surface area contributed by atoms with E-state index in [4.69, 9.17) is 9.47 Å². The van der Waals surface area contributed by atoms with Crippen LogP contribution in [-0.4, -0.2) is 56.2 Å². The lowest BCUT2D eigenvalue weighted by molar-refractivity contribution is -0.142. The summed E-state index contributed by atoms with van der Waals surface area (Å²) >= 11 is 0. The predicted octanol–water partition coefficient (Wildman–Crippen LogP) is 1.05. The van der Waals surface area contributed by atoms with Gasteiger partial charge in [-0.15, -0.1) is 0 Å². The predicted molar refractivity (Wildman–Crippen MR) is 80.9 cm³/mol. The van der Waals surface area contributed by atoms with Gasteiger partial charge in [0.15, 0.2) is 0 Å². The van der Waals surface area contributed by atoms with Gasteiger partial charge in [-0.1, -0.05) is 6.07 Å². The fraction of sp³-hybridized carbons (Fsp3) is 0.500. The normalized spacial score (nSPS) is 22.8. The highest BCUT2D eigenvalue weighted by atomic mass is 16.5. The molecule has 1 aromatic rings. The van der Waals surface area contributed by atoms with E-state index < -0.39 is 0 Å². The number of rotatable bonds is 4. The first-order chi connectivity index (χ1) is 10.7. The molecular formula is C16H20N2O4. The zero-order valence-corrected chi connectivity index (χ0v) is 12.7. The van der Waals surface area contributed by atoms with Gasteiger partial charge in [-0.2, -0.15) is 0 Å². The van der Waals surface area contributed by atoms with Crippen molar-refractivity contribution >= 4 is 17.6 Å². The summed E-state index contributed by atoms with van der Waals surface area (Å²) in [6, 6.07) is 7.52. The van der Waals surface area contributed by atoms with E-state index in [1.54, 1.807) is 12.0 Å². The van der Waals surface area contributed by atoms with Crippen molar-refractivity contribution in [1.82, 2.24) is 4.90 Å². The molecule has 118 valence electrons. The number of methoxy groups -OCH3 is 1. The summed E-state index contributed by atoms with van der Waals surface area (Å²) in [6.07, 6.45) is 1.18. The Labute approximate surface area is 129 Å². The van der Waals surface area contributed by atoms with Crippen LogP contribution in [0.3, 0.4) is 0 Å². The molecular weight excluding hydrogens is 284 g/mol. The molecule has 0 radical (unpaired) electrons. The van der Waals surface area contributed by atoms with Crippen LogP contribution in [0.15, 0.2) is 24.3 Å². The molecule has 22 heavy (non-hydrogen) atoms. The Morgan fingerprint density at radius 2 is 2.18 bits per heavy atom. The number of benzene rings is 1. The van der Waals surface area contributed by atoms with Crippen molar-refractivity contribution in [3.05, 3.63) is 24.3 Å². The SMILES string of the molecule is COc1cccc(N2CCN(C[C@@H]3CCC(=O)O3)CC2=O)c1. The van der Waals surface area contributed by atoms with Crippen molar-refractivity contribution in [2.45, 2.75) is 18.9 Å². The zero-order valence-electron chi connectivity index (χ0n) is 12.7. The Bertz CT molecular complexity index is 575. The van der Waals surface area contributed by atoms with E-state index in [1.165, 1.54) is 0 Å². The van der Waals surface area contributed by atoms with Crippen LogP contribution in [0.25, 0.3) is 0 Å². The largest absolute Gasteiger partial charge is 0.497 e. The maximum Gasteiger partial charge on any atom is 0.306 e. The summed E-state index contributed by atoms with van der Waals surface area (Å²) in [4.78, 5) is 27.3. The van der Waals surface area contributed by atoms with Gasteiger partial charge in [0.2, 0.25) is 5.91 Å². The van der Waals surface area contributed by atoms with Crippen LogP contribution >= 0.6 is 0 Å². The van der Waals surface area contributed by atoms with Gasteiger partial charge < -0.3 is 14.4 Å². The summed E-state index contributed by atoms with van der Waals surface area (Å²) in [5.41, 5.74) is 0.858. The monoisotopic (exact) mass is 304 g/mol. The van der Waals surface area contributed by atoms with Gasteiger partial charge in [0.25, 0.3) is 0 Å². The lowest BCUT2D eigenvalue weighted by Gasteiger charge is -2.35. The number of carbonyl (C=O) groups is 2. The number of ether oxygens (including phenoxy) is 2. The molecule has 0 unspecified atom stereocenters. The molecule has 0 aromatic heterocycles. The van der Waals surface area contributed by atoms with Gasteiger partial charge >= 0.3 is 5.97 Å². The molecule has 0 aliphatic carbocycles. The van der Waals surface area contributed by atoms with E-state index in [0.29, 0.717) is 26.1 Å². The summed E-state index contributed by atoms with van der Waals surface area (Å²) in [5, 5.41) is 0. The Kier molecular flexibility index (Phi) is 4.29. The number of hydrogen-bond acceptors (Lipinski definition) is 5. The zero-order chi connectivity index (χ0) is 15.5. The Balaban J connectivity index is 1.60. The molecule has 3 rings (SSSR count).